The van der Waals surface area contributed by atoms with Crippen LogP contribution in [0, 0.1) is 0 Å². The Morgan fingerprint density at radius 1 is 1.38 bits per heavy atom. The minimum atomic E-state index is -3.69. The molecule has 0 bridgehead atoms. The van der Waals surface area contributed by atoms with Gasteiger partial charge in [0.15, 0.2) is 0 Å². The molecule has 1 aliphatic heterocycles. The fraction of sp³-hybridized carbons (Fsp3) is 0.636. The number of piperazine rings is 1. The number of carbonyl (C=O) groups is 1. The number of halogens is 1. The number of carbonyl (C=O) groups excluding carboxylic acids is 1. The van der Waals surface area contributed by atoms with Crippen molar-refractivity contribution in [3.05, 3.63) is 11.5 Å². The molecule has 1 aromatic rings. The minimum absolute atomic E-state index is 0.0842. The van der Waals surface area contributed by atoms with Crippen LogP contribution in [-0.4, -0.2) is 72.9 Å². The van der Waals surface area contributed by atoms with Crippen molar-refractivity contribution in [2.24, 2.45) is 7.05 Å². The van der Waals surface area contributed by atoms with Gasteiger partial charge < -0.3 is 9.88 Å². The van der Waals surface area contributed by atoms with E-state index in [2.05, 4.69) is 10.3 Å². The first-order valence-electron chi connectivity index (χ1n) is 6.46. The number of aryl methyl sites for hydroxylation is 1. The molecule has 2 heterocycles. The van der Waals surface area contributed by atoms with Crippen molar-refractivity contribution in [1.29, 1.82) is 0 Å². The summed E-state index contributed by atoms with van der Waals surface area (Å²) in [6.07, 6.45) is 1.37. The van der Waals surface area contributed by atoms with Crippen LogP contribution in [0.3, 0.4) is 0 Å². The average molecular weight is 336 g/mol. The van der Waals surface area contributed by atoms with E-state index < -0.39 is 10.0 Å². The van der Waals surface area contributed by atoms with Gasteiger partial charge in [-0.05, 0) is 0 Å². The van der Waals surface area contributed by atoms with E-state index in [9.17, 15) is 13.2 Å². The summed E-state index contributed by atoms with van der Waals surface area (Å²) in [5.41, 5.74) is 0. The summed E-state index contributed by atoms with van der Waals surface area (Å²) >= 11 is 5.96. The highest BCUT2D eigenvalue weighted by molar-refractivity contribution is 7.89. The van der Waals surface area contributed by atoms with Gasteiger partial charge in [0.2, 0.25) is 10.9 Å². The van der Waals surface area contributed by atoms with E-state index in [4.69, 9.17) is 11.6 Å². The summed E-state index contributed by atoms with van der Waals surface area (Å²) in [6, 6.07) is 0. The zero-order valence-corrected chi connectivity index (χ0v) is 13.5. The SMILES string of the molecule is CNC(=O)CN1CCN(S(=O)(=O)c2ncn(C)c2Cl)CC1. The molecular formula is C11H18ClN5O3S. The fourth-order valence-electron chi connectivity index (χ4n) is 2.10. The summed E-state index contributed by atoms with van der Waals surface area (Å²) in [4.78, 5) is 17.1. The first kappa shape index (κ1) is 16.2. The standard InChI is InChI=1S/C11H18ClN5O3S/c1-13-9(18)7-16-3-5-17(6-4-16)21(19,20)11-10(12)15(2)8-14-11/h8H,3-7H2,1-2H3,(H,13,18). The first-order valence-corrected chi connectivity index (χ1v) is 8.28. The predicted octanol–water partition coefficient (Wildman–Crippen LogP) is -0.874. The number of amides is 1. The smallest absolute Gasteiger partial charge is 0.263 e. The number of rotatable bonds is 4. The van der Waals surface area contributed by atoms with E-state index in [0.29, 0.717) is 26.2 Å². The quantitative estimate of drug-likeness (QED) is 0.772. The van der Waals surface area contributed by atoms with Crippen LogP contribution in [0.4, 0.5) is 0 Å². The molecule has 2 rings (SSSR count). The van der Waals surface area contributed by atoms with Crippen LogP contribution >= 0.6 is 11.6 Å². The van der Waals surface area contributed by atoms with Crippen molar-refractivity contribution >= 4 is 27.5 Å². The lowest BCUT2D eigenvalue weighted by Crippen LogP contribution is -2.50. The lowest BCUT2D eigenvalue weighted by atomic mass is 10.3. The van der Waals surface area contributed by atoms with Crippen LogP contribution in [-0.2, 0) is 21.9 Å². The first-order chi connectivity index (χ1) is 9.86. The van der Waals surface area contributed by atoms with Crippen molar-refractivity contribution in [3.8, 4) is 0 Å². The molecule has 0 radical (unpaired) electrons. The average Bonchev–Trinajstić information content (AvgIpc) is 2.80. The van der Waals surface area contributed by atoms with Gasteiger partial charge in [0, 0.05) is 40.3 Å². The van der Waals surface area contributed by atoms with Gasteiger partial charge in [-0.15, -0.1) is 0 Å². The van der Waals surface area contributed by atoms with Gasteiger partial charge in [-0.3, -0.25) is 9.69 Å². The molecule has 0 aliphatic carbocycles. The highest BCUT2D eigenvalue weighted by Crippen LogP contribution is 2.23. The van der Waals surface area contributed by atoms with Crippen LogP contribution in [0.1, 0.15) is 0 Å². The van der Waals surface area contributed by atoms with Gasteiger partial charge >= 0.3 is 0 Å². The molecule has 1 fully saturated rings. The summed E-state index contributed by atoms with van der Waals surface area (Å²) in [7, 11) is -0.477. The number of nitrogens with zero attached hydrogens (tertiary/aromatic N) is 4. The van der Waals surface area contributed by atoms with E-state index >= 15 is 0 Å². The Morgan fingerprint density at radius 3 is 2.48 bits per heavy atom. The van der Waals surface area contributed by atoms with Gasteiger partial charge in [0.1, 0.15) is 5.15 Å². The van der Waals surface area contributed by atoms with E-state index in [0.717, 1.165) is 0 Å². The molecule has 118 valence electrons. The third-order valence-electron chi connectivity index (χ3n) is 3.40. The van der Waals surface area contributed by atoms with Crippen LogP contribution < -0.4 is 5.32 Å². The number of hydrogen-bond acceptors (Lipinski definition) is 5. The van der Waals surface area contributed by atoms with E-state index in [1.807, 2.05) is 4.90 Å². The second kappa shape index (κ2) is 6.30. The molecule has 21 heavy (non-hydrogen) atoms. The van der Waals surface area contributed by atoms with E-state index in [1.54, 1.807) is 14.1 Å². The molecular weight excluding hydrogens is 318 g/mol. The van der Waals surface area contributed by atoms with Crippen molar-refractivity contribution in [1.82, 2.24) is 24.1 Å². The third-order valence-corrected chi connectivity index (χ3v) is 5.79. The number of imidazole rings is 1. The Morgan fingerprint density at radius 2 is 2.00 bits per heavy atom. The minimum Gasteiger partial charge on any atom is -0.358 e. The Balaban J connectivity index is 2.05. The molecule has 10 heteroatoms. The summed E-state index contributed by atoms with van der Waals surface area (Å²) in [6.45, 7) is 1.89. The van der Waals surface area contributed by atoms with Crippen LogP contribution in [0.2, 0.25) is 5.15 Å². The van der Waals surface area contributed by atoms with Crippen molar-refractivity contribution in [2.45, 2.75) is 5.03 Å². The maximum atomic E-state index is 12.5. The summed E-state index contributed by atoms with van der Waals surface area (Å²) in [5, 5.41) is 2.53. The van der Waals surface area contributed by atoms with Gasteiger partial charge in [0.05, 0.1) is 12.9 Å². The van der Waals surface area contributed by atoms with Gasteiger partial charge in [-0.1, -0.05) is 11.6 Å². The van der Waals surface area contributed by atoms with Crippen LogP contribution in [0.5, 0.6) is 0 Å². The second-order valence-electron chi connectivity index (χ2n) is 4.80. The molecule has 1 aromatic heterocycles. The number of aromatic nitrogens is 2. The van der Waals surface area contributed by atoms with Gasteiger partial charge in [0.25, 0.3) is 10.0 Å². The number of hydrogen-bond donors (Lipinski definition) is 1. The predicted molar refractivity (Wildman–Crippen MR) is 77.5 cm³/mol. The summed E-state index contributed by atoms with van der Waals surface area (Å²) < 4.78 is 27.8. The number of sulfonamides is 1. The Hall–Kier alpha value is -1.16. The Kier molecular flexibility index (Phi) is 4.87. The number of likely N-dealkylation sites (N-methyl/N-ethyl adjacent to an activating group) is 1. The Bertz CT molecular complexity index is 622. The van der Waals surface area contributed by atoms with Crippen molar-refractivity contribution < 1.29 is 13.2 Å². The highest BCUT2D eigenvalue weighted by atomic mass is 35.5. The molecule has 1 aliphatic rings. The monoisotopic (exact) mass is 335 g/mol. The lowest BCUT2D eigenvalue weighted by Gasteiger charge is -2.32. The maximum Gasteiger partial charge on any atom is 0.263 e. The molecule has 1 amide bonds. The molecule has 0 unspecified atom stereocenters. The van der Waals surface area contributed by atoms with Gasteiger partial charge in [-0.2, -0.15) is 4.31 Å². The van der Waals surface area contributed by atoms with Crippen LogP contribution in [0.25, 0.3) is 0 Å². The number of nitrogens with one attached hydrogen (secondary N) is 1. The normalized spacial score (nSPS) is 17.9. The van der Waals surface area contributed by atoms with Crippen molar-refractivity contribution in [3.63, 3.8) is 0 Å². The molecule has 8 nitrogen and oxygen atoms in total. The summed E-state index contributed by atoms with van der Waals surface area (Å²) in [5.74, 6) is -0.0842. The Labute approximate surface area is 128 Å². The van der Waals surface area contributed by atoms with Crippen molar-refractivity contribution in [2.75, 3.05) is 39.8 Å². The van der Waals surface area contributed by atoms with E-state index in [-0.39, 0.29) is 22.6 Å². The zero-order valence-electron chi connectivity index (χ0n) is 11.9. The second-order valence-corrected chi connectivity index (χ2v) is 7.02. The molecule has 0 atom stereocenters. The van der Waals surface area contributed by atoms with E-state index in [1.165, 1.54) is 15.2 Å². The molecule has 1 saturated heterocycles. The fourth-order valence-corrected chi connectivity index (χ4v) is 3.91. The molecule has 0 saturated carbocycles. The molecule has 0 aromatic carbocycles. The van der Waals surface area contributed by atoms with Crippen LogP contribution in [0.15, 0.2) is 11.4 Å². The van der Waals surface area contributed by atoms with Gasteiger partial charge in [-0.25, -0.2) is 13.4 Å². The molecule has 0 spiro atoms. The zero-order chi connectivity index (χ0) is 15.6. The largest absolute Gasteiger partial charge is 0.358 e. The lowest BCUT2D eigenvalue weighted by molar-refractivity contribution is -0.122. The highest BCUT2D eigenvalue weighted by Gasteiger charge is 2.32. The topological polar surface area (TPSA) is 87.5 Å². The molecule has 1 N–H and O–H groups in total. The third kappa shape index (κ3) is 3.37. The maximum absolute atomic E-state index is 12.5.